The number of aromatic amines is 1. The van der Waals surface area contributed by atoms with Crippen LogP contribution in [0.15, 0.2) is 66.5 Å². The summed E-state index contributed by atoms with van der Waals surface area (Å²) >= 11 is 0. The van der Waals surface area contributed by atoms with Gasteiger partial charge in [-0.15, -0.1) is 0 Å². The quantitative estimate of drug-likeness (QED) is 0.595. The Kier molecular flexibility index (Phi) is 6.83. The van der Waals surface area contributed by atoms with E-state index in [2.05, 4.69) is 47.7 Å². The predicted molar refractivity (Wildman–Crippen MR) is 136 cm³/mol. The van der Waals surface area contributed by atoms with Crippen LogP contribution in [0.4, 0.5) is 0 Å². The lowest BCUT2D eigenvalue weighted by Crippen LogP contribution is -2.60. The van der Waals surface area contributed by atoms with Gasteiger partial charge < -0.3 is 15.0 Å². The molecule has 1 aliphatic heterocycles. The molecule has 5 rings (SSSR count). The van der Waals surface area contributed by atoms with E-state index in [-0.39, 0.29) is 16.9 Å². The second-order valence-electron chi connectivity index (χ2n) is 9.68. The van der Waals surface area contributed by atoms with Crippen molar-refractivity contribution in [3.63, 3.8) is 0 Å². The number of likely N-dealkylation sites (tertiary alicyclic amines) is 1. The zero-order valence-corrected chi connectivity index (χ0v) is 20.8. The molecular weight excluding hydrogens is 438 g/mol. The van der Waals surface area contributed by atoms with Gasteiger partial charge in [0.15, 0.2) is 6.19 Å². The number of rotatable bonds is 5. The Morgan fingerprint density at radius 1 is 1.29 bits per heavy atom. The number of hydrogen-bond donors (Lipinski definition) is 2. The highest BCUT2D eigenvalue weighted by Gasteiger charge is 2.54. The van der Waals surface area contributed by atoms with Crippen molar-refractivity contribution in [2.75, 3.05) is 13.1 Å². The number of fused-ring (bicyclic) bond motifs is 1. The Hall–Kier alpha value is -3.79. The molecule has 0 bridgehead atoms. The Morgan fingerprint density at radius 2 is 2.06 bits per heavy atom. The van der Waals surface area contributed by atoms with Crippen LogP contribution in [0.1, 0.15) is 56.7 Å². The summed E-state index contributed by atoms with van der Waals surface area (Å²) in [5.74, 6) is 1.53. The summed E-state index contributed by atoms with van der Waals surface area (Å²) in [4.78, 5) is 14.8. The molecule has 7 nitrogen and oxygen atoms in total. The second-order valence-corrected chi connectivity index (χ2v) is 9.68. The molecular formula is C28H33N5O2. The zero-order chi connectivity index (χ0) is 25.1. The summed E-state index contributed by atoms with van der Waals surface area (Å²) in [7, 11) is 0. The molecule has 2 unspecified atom stereocenters. The summed E-state index contributed by atoms with van der Waals surface area (Å²) in [6, 6.07) is 11.4. The van der Waals surface area contributed by atoms with Crippen LogP contribution in [0.2, 0.25) is 0 Å². The smallest absolute Gasteiger partial charge is 0.269 e. The summed E-state index contributed by atoms with van der Waals surface area (Å²) in [5.41, 5.74) is 1.34. The Labute approximate surface area is 207 Å². The number of ether oxygens (including phenoxy) is 1. The molecule has 0 spiro atoms. The van der Waals surface area contributed by atoms with E-state index in [0.717, 1.165) is 24.2 Å². The normalized spacial score (nSPS) is 23.9. The van der Waals surface area contributed by atoms with Crippen LogP contribution >= 0.6 is 0 Å². The molecule has 2 N–H and O–H groups in total. The number of benzene rings is 1. The average Bonchev–Trinajstić information content (AvgIpc) is 3.39. The Morgan fingerprint density at radius 3 is 2.74 bits per heavy atom. The number of para-hydroxylation sites is 1. The minimum Gasteiger partial charge on any atom is -0.457 e. The molecule has 182 valence electrons. The number of carbonyl (C=O) groups excluding carboxylic acids is 1. The monoisotopic (exact) mass is 471 g/mol. The minimum atomic E-state index is -0.312. The van der Waals surface area contributed by atoms with Crippen molar-refractivity contribution < 1.29 is 9.53 Å². The number of allylic oxidation sites excluding steroid dienone is 5. The third-order valence-electron chi connectivity index (χ3n) is 6.76. The van der Waals surface area contributed by atoms with Gasteiger partial charge in [-0.1, -0.05) is 64.1 Å². The van der Waals surface area contributed by atoms with Crippen molar-refractivity contribution in [1.82, 2.24) is 20.4 Å². The average molecular weight is 472 g/mol. The molecule has 3 aliphatic rings. The van der Waals surface area contributed by atoms with E-state index in [1.807, 2.05) is 56.3 Å². The van der Waals surface area contributed by atoms with Crippen LogP contribution < -0.4 is 10.1 Å². The molecule has 2 heterocycles. The highest BCUT2D eigenvalue weighted by Crippen LogP contribution is 2.44. The topological polar surface area (TPSA) is 94.0 Å². The number of nitriles is 1. The van der Waals surface area contributed by atoms with E-state index in [4.69, 9.17) is 4.74 Å². The highest BCUT2D eigenvalue weighted by molar-refractivity contribution is 5.94. The second kappa shape index (κ2) is 9.83. The third kappa shape index (κ3) is 5.02. The molecule has 35 heavy (non-hydrogen) atoms. The van der Waals surface area contributed by atoms with E-state index < -0.39 is 0 Å². The lowest BCUT2D eigenvalue weighted by molar-refractivity contribution is 0.0757. The molecule has 1 amide bonds. The van der Waals surface area contributed by atoms with Gasteiger partial charge in [0.25, 0.3) is 5.91 Å². The minimum absolute atomic E-state index is 0.195. The van der Waals surface area contributed by atoms with Gasteiger partial charge in [-0.2, -0.15) is 10.4 Å². The lowest BCUT2D eigenvalue weighted by atomic mass is 9.69. The lowest BCUT2D eigenvalue weighted by Gasteiger charge is -2.44. The highest BCUT2D eigenvalue weighted by atomic mass is 16.5. The van der Waals surface area contributed by atoms with E-state index in [0.29, 0.717) is 36.2 Å². The van der Waals surface area contributed by atoms with Crippen LogP contribution in [0.5, 0.6) is 5.75 Å². The molecule has 2 atom stereocenters. The van der Waals surface area contributed by atoms with Gasteiger partial charge in [-0.3, -0.25) is 9.89 Å². The molecule has 1 saturated heterocycles. The van der Waals surface area contributed by atoms with Crippen molar-refractivity contribution in [1.29, 1.82) is 5.26 Å². The predicted octanol–water partition coefficient (Wildman–Crippen LogP) is 5.05. The summed E-state index contributed by atoms with van der Waals surface area (Å²) in [6.45, 7) is 9.51. The van der Waals surface area contributed by atoms with Crippen molar-refractivity contribution >= 4 is 11.5 Å². The number of aromatic nitrogens is 2. The van der Waals surface area contributed by atoms with Crippen molar-refractivity contribution in [2.24, 2.45) is 11.3 Å². The maximum Gasteiger partial charge on any atom is 0.269 e. The van der Waals surface area contributed by atoms with Crippen molar-refractivity contribution in [3.05, 3.63) is 77.8 Å². The van der Waals surface area contributed by atoms with E-state index in [1.54, 1.807) is 11.0 Å². The van der Waals surface area contributed by atoms with Crippen LogP contribution in [0.25, 0.3) is 5.57 Å². The number of amides is 1. The number of nitrogens with zero attached hydrogens (tertiary/aromatic N) is 3. The Bertz CT molecular complexity index is 1200. The molecule has 0 radical (unpaired) electrons. The summed E-state index contributed by atoms with van der Waals surface area (Å²) in [5, 5.41) is 19.8. The van der Waals surface area contributed by atoms with Gasteiger partial charge in [-0.25, -0.2) is 0 Å². The number of carbonyl (C=O) groups is 1. The molecule has 1 aromatic heterocycles. The standard InChI is InChI=1S/C26H27N5O2.C2H6/c1-25(2)11-6-9-23(33-19-7-4-3-5-8-19)20(14-25)21-13-22(30-29-21)24(32)28-26-12-10-18(26)15-31(16-26)17-27;1-2/h3-9,11,13-14,18H,10,12,15-16H2,1-2H3,(H,28,32)(H,29,30);1-2H3. The van der Waals surface area contributed by atoms with E-state index >= 15 is 0 Å². The number of nitrogens with one attached hydrogen (secondary N) is 2. The molecule has 2 fully saturated rings. The third-order valence-corrected chi connectivity index (χ3v) is 6.76. The van der Waals surface area contributed by atoms with Gasteiger partial charge in [0.1, 0.15) is 17.2 Å². The fourth-order valence-electron chi connectivity index (χ4n) is 4.86. The molecule has 1 aromatic carbocycles. The number of hydrogen-bond acceptors (Lipinski definition) is 5. The molecule has 7 heteroatoms. The first kappa shape index (κ1) is 24.3. The number of H-pyrrole nitrogens is 1. The summed E-state index contributed by atoms with van der Waals surface area (Å²) in [6.07, 6.45) is 12.3. The largest absolute Gasteiger partial charge is 0.457 e. The van der Waals surface area contributed by atoms with Gasteiger partial charge in [0.2, 0.25) is 0 Å². The van der Waals surface area contributed by atoms with Gasteiger partial charge in [0.05, 0.1) is 17.8 Å². The maximum atomic E-state index is 13.1. The van der Waals surface area contributed by atoms with E-state index in [9.17, 15) is 10.1 Å². The fourth-order valence-corrected chi connectivity index (χ4v) is 4.86. The van der Waals surface area contributed by atoms with Gasteiger partial charge >= 0.3 is 0 Å². The fraction of sp³-hybridized carbons (Fsp3) is 0.393. The van der Waals surface area contributed by atoms with Crippen LogP contribution in [0.3, 0.4) is 0 Å². The summed E-state index contributed by atoms with van der Waals surface area (Å²) < 4.78 is 6.19. The van der Waals surface area contributed by atoms with Crippen LogP contribution in [0, 0.1) is 22.8 Å². The first-order chi connectivity index (χ1) is 16.9. The molecule has 2 aliphatic carbocycles. The Balaban J connectivity index is 0.00000141. The molecule has 2 aromatic rings. The SMILES string of the molecule is CC.CC1(C)C=CC=C(Oc2ccccc2)C(c2cc(C(=O)NC34CCC3CN(C#N)C4)[nH]n2)=C1. The van der Waals surface area contributed by atoms with Gasteiger partial charge in [0, 0.05) is 23.5 Å². The first-order valence-corrected chi connectivity index (χ1v) is 12.3. The zero-order valence-electron chi connectivity index (χ0n) is 20.8. The van der Waals surface area contributed by atoms with Gasteiger partial charge in [-0.05, 0) is 37.1 Å². The van der Waals surface area contributed by atoms with Crippen LogP contribution in [-0.4, -0.2) is 39.6 Å². The maximum absolute atomic E-state index is 13.1. The van der Waals surface area contributed by atoms with Crippen molar-refractivity contribution in [2.45, 2.75) is 46.1 Å². The van der Waals surface area contributed by atoms with E-state index in [1.165, 1.54) is 0 Å². The first-order valence-electron chi connectivity index (χ1n) is 12.3. The van der Waals surface area contributed by atoms with Crippen LogP contribution in [-0.2, 0) is 0 Å². The molecule has 1 saturated carbocycles. The van der Waals surface area contributed by atoms with Crippen molar-refractivity contribution in [3.8, 4) is 11.9 Å².